The minimum atomic E-state index is -0.682. The zero-order chi connectivity index (χ0) is 25.4. The molecule has 1 amide bonds. The van der Waals surface area contributed by atoms with Gasteiger partial charge in [0, 0.05) is 30.4 Å². The van der Waals surface area contributed by atoms with Crippen molar-refractivity contribution in [3.8, 4) is 5.69 Å². The lowest BCUT2D eigenvalue weighted by molar-refractivity contribution is 0.0968. The minimum absolute atomic E-state index is 0.0770. The summed E-state index contributed by atoms with van der Waals surface area (Å²) in [4.78, 5) is 27.9. The molecular formula is C27H21FN8O. The number of carbonyl (C=O) groups is 1. The molecule has 0 bridgehead atoms. The predicted molar refractivity (Wildman–Crippen MR) is 137 cm³/mol. The number of nitrogens with zero attached hydrogens (tertiary/aromatic N) is 7. The van der Waals surface area contributed by atoms with E-state index < -0.39 is 11.7 Å². The first-order valence-electron chi connectivity index (χ1n) is 11.9. The molecule has 0 spiro atoms. The fraction of sp³-hybridized carbons (Fsp3) is 0.185. The largest absolute Gasteiger partial charge is 0.315 e. The van der Waals surface area contributed by atoms with Gasteiger partial charge in [-0.15, -0.1) is 5.10 Å². The van der Waals surface area contributed by atoms with Crippen molar-refractivity contribution in [1.29, 1.82) is 0 Å². The van der Waals surface area contributed by atoms with Gasteiger partial charge in [0.15, 0.2) is 11.3 Å². The number of rotatable bonds is 4. The first-order valence-corrected chi connectivity index (χ1v) is 11.9. The van der Waals surface area contributed by atoms with E-state index in [9.17, 15) is 4.79 Å². The van der Waals surface area contributed by atoms with Crippen LogP contribution >= 0.6 is 0 Å². The molecule has 5 aromatic rings. The molecule has 0 aliphatic carbocycles. The average molecular weight is 493 g/mol. The van der Waals surface area contributed by atoms with E-state index in [-0.39, 0.29) is 11.6 Å². The third-order valence-electron chi connectivity index (χ3n) is 6.58. The van der Waals surface area contributed by atoms with Gasteiger partial charge in [-0.2, -0.15) is 4.68 Å². The smallest absolute Gasteiger partial charge is 0.262 e. The van der Waals surface area contributed by atoms with Crippen molar-refractivity contribution in [3.63, 3.8) is 0 Å². The molecule has 6 rings (SSSR count). The van der Waals surface area contributed by atoms with Gasteiger partial charge in [-0.1, -0.05) is 17.3 Å². The van der Waals surface area contributed by atoms with Crippen LogP contribution in [0.2, 0.25) is 0 Å². The molecule has 0 radical (unpaired) electrons. The van der Waals surface area contributed by atoms with E-state index in [0.717, 1.165) is 24.8 Å². The lowest BCUT2D eigenvalue weighted by atomic mass is 10.0. The van der Waals surface area contributed by atoms with E-state index in [0.29, 0.717) is 40.3 Å². The molecule has 0 saturated carbocycles. The van der Waals surface area contributed by atoms with Crippen molar-refractivity contribution < 1.29 is 9.18 Å². The number of anilines is 1. The molecule has 1 N–H and O–H groups in total. The van der Waals surface area contributed by atoms with Crippen molar-refractivity contribution in [1.82, 2.24) is 30.3 Å². The number of halogens is 1. The first-order chi connectivity index (χ1) is 18.1. The van der Waals surface area contributed by atoms with Gasteiger partial charge < -0.3 is 5.32 Å². The number of amides is 1. The molecule has 4 heterocycles. The van der Waals surface area contributed by atoms with Crippen LogP contribution < -0.4 is 10.2 Å². The van der Waals surface area contributed by atoms with Crippen molar-refractivity contribution in [2.45, 2.75) is 18.9 Å². The maximum absolute atomic E-state index is 15.6. The monoisotopic (exact) mass is 492 g/mol. The molecule has 9 nitrogen and oxygen atoms in total. The van der Waals surface area contributed by atoms with Crippen LogP contribution in [0, 0.1) is 12.4 Å². The molecule has 10 heteroatoms. The van der Waals surface area contributed by atoms with E-state index in [2.05, 4.69) is 30.4 Å². The van der Waals surface area contributed by atoms with Gasteiger partial charge in [0.1, 0.15) is 17.2 Å². The van der Waals surface area contributed by atoms with Crippen LogP contribution in [0.1, 0.15) is 23.2 Å². The molecule has 37 heavy (non-hydrogen) atoms. The van der Waals surface area contributed by atoms with Gasteiger partial charge in [0.25, 0.3) is 5.91 Å². The minimum Gasteiger partial charge on any atom is -0.315 e. The number of hydrogen-bond acceptors (Lipinski definition) is 6. The Labute approximate surface area is 211 Å². The van der Waals surface area contributed by atoms with Crippen LogP contribution in [0.3, 0.4) is 0 Å². The number of carbonyl (C=O) groups excluding carboxylic acids is 1. The maximum atomic E-state index is 15.6. The number of nitrogens with one attached hydrogen (secondary N) is 1. The molecule has 3 aromatic heterocycles. The van der Waals surface area contributed by atoms with Crippen LogP contribution in [-0.4, -0.2) is 50.0 Å². The van der Waals surface area contributed by atoms with Crippen LogP contribution in [0.4, 0.5) is 15.9 Å². The van der Waals surface area contributed by atoms with Gasteiger partial charge in [0.05, 0.1) is 23.9 Å². The van der Waals surface area contributed by atoms with Gasteiger partial charge >= 0.3 is 0 Å². The van der Waals surface area contributed by atoms with E-state index in [1.165, 1.54) is 16.8 Å². The highest BCUT2D eigenvalue weighted by Gasteiger charge is 2.31. The second kappa shape index (κ2) is 9.37. The Bertz CT molecular complexity index is 1690. The molecule has 0 unspecified atom stereocenters. The Kier molecular flexibility index (Phi) is 5.75. The number of hydrogen-bond donors (Lipinski definition) is 1. The van der Waals surface area contributed by atoms with Crippen molar-refractivity contribution in [3.05, 3.63) is 89.8 Å². The summed E-state index contributed by atoms with van der Waals surface area (Å²) in [6, 6.07) is 14.8. The van der Waals surface area contributed by atoms with Crippen molar-refractivity contribution in [2.24, 2.45) is 0 Å². The number of benzene rings is 2. The highest BCUT2D eigenvalue weighted by Crippen LogP contribution is 2.32. The Hall–Kier alpha value is -4.75. The van der Waals surface area contributed by atoms with Crippen LogP contribution in [-0.2, 0) is 0 Å². The number of piperidine rings is 1. The second-order valence-corrected chi connectivity index (χ2v) is 8.84. The summed E-state index contributed by atoms with van der Waals surface area (Å²) in [5.41, 5.74) is 1.85. The summed E-state index contributed by atoms with van der Waals surface area (Å²) in [6.07, 6.45) is 4.87. The first kappa shape index (κ1) is 22.7. The number of pyridine rings is 2. The summed E-state index contributed by atoms with van der Waals surface area (Å²) in [5.74, 6) is -0.762. The Morgan fingerprint density at radius 3 is 2.86 bits per heavy atom. The summed E-state index contributed by atoms with van der Waals surface area (Å²) >= 11 is 0. The summed E-state index contributed by atoms with van der Waals surface area (Å²) in [5, 5.41) is 13.0. The lowest BCUT2D eigenvalue weighted by Gasteiger charge is -2.34. The zero-order valence-corrected chi connectivity index (χ0v) is 19.7. The molecule has 182 valence electrons. The maximum Gasteiger partial charge on any atom is 0.262 e. The van der Waals surface area contributed by atoms with Gasteiger partial charge in [-0.05, 0) is 61.2 Å². The van der Waals surface area contributed by atoms with Crippen molar-refractivity contribution >= 4 is 39.3 Å². The Balaban J connectivity index is 1.44. The van der Waals surface area contributed by atoms with Gasteiger partial charge in [-0.3, -0.25) is 9.69 Å². The summed E-state index contributed by atoms with van der Waals surface area (Å²) < 4.78 is 17.0. The highest BCUT2D eigenvalue weighted by molar-refractivity contribution is 6.10. The van der Waals surface area contributed by atoms with Crippen LogP contribution in [0.15, 0.2) is 67.0 Å². The Morgan fingerprint density at radius 1 is 1.14 bits per heavy atom. The molecule has 1 aliphatic heterocycles. The normalized spacial score (nSPS) is 15.5. The summed E-state index contributed by atoms with van der Waals surface area (Å²) in [6.45, 7) is 8.83. The zero-order valence-electron chi connectivity index (χ0n) is 19.7. The van der Waals surface area contributed by atoms with Crippen LogP contribution in [0.5, 0.6) is 0 Å². The lowest BCUT2D eigenvalue weighted by Crippen LogP contribution is -2.49. The third-order valence-corrected chi connectivity index (χ3v) is 6.58. The molecule has 1 aliphatic rings. The predicted octanol–water partition coefficient (Wildman–Crippen LogP) is 4.45. The van der Waals surface area contributed by atoms with Gasteiger partial charge in [-0.25, -0.2) is 19.2 Å². The standard InChI is InChI=1S/C27H21FN8O/c1-29-18-7-6-17-10-13-32-25(22(17)14-18)35(20-4-2-11-30-16-20)27(37)21-9-8-19(15-23(21)28)36-26-24(33-34-36)5-3-12-31-26/h3,5-10,12-15,20,30H,2,4,11,16H2/t20-/m1/s1. The Morgan fingerprint density at radius 2 is 2.05 bits per heavy atom. The van der Waals surface area contributed by atoms with Gasteiger partial charge in [0.2, 0.25) is 0 Å². The van der Waals surface area contributed by atoms with E-state index in [4.69, 9.17) is 6.57 Å². The van der Waals surface area contributed by atoms with Crippen molar-refractivity contribution in [2.75, 3.05) is 18.0 Å². The molecule has 2 aromatic carbocycles. The fourth-order valence-electron chi connectivity index (χ4n) is 4.77. The third kappa shape index (κ3) is 4.05. The van der Waals surface area contributed by atoms with E-state index in [1.807, 2.05) is 12.1 Å². The quantitative estimate of drug-likeness (QED) is 0.373. The molecule has 1 saturated heterocycles. The molecular weight excluding hydrogens is 471 g/mol. The number of fused-ring (bicyclic) bond motifs is 2. The topological polar surface area (TPSA) is 93.2 Å². The molecule has 1 fully saturated rings. The van der Waals surface area contributed by atoms with Crippen LogP contribution in [0.25, 0.3) is 32.5 Å². The average Bonchev–Trinajstić information content (AvgIpc) is 3.38. The fourth-order valence-corrected chi connectivity index (χ4v) is 4.77. The SMILES string of the molecule is [C-]#[N+]c1ccc2ccnc(N(C(=O)c3ccc(-n4nnc5cccnc54)cc3F)[C@@H]3CCCNC3)c2c1. The molecule has 1 atom stereocenters. The second-order valence-electron chi connectivity index (χ2n) is 8.84. The van der Waals surface area contributed by atoms with E-state index >= 15 is 4.39 Å². The summed E-state index contributed by atoms with van der Waals surface area (Å²) in [7, 11) is 0. The number of aromatic nitrogens is 5. The highest BCUT2D eigenvalue weighted by atomic mass is 19.1. The van der Waals surface area contributed by atoms with E-state index in [1.54, 1.807) is 47.6 Å².